The van der Waals surface area contributed by atoms with Crippen LogP contribution in [-0.2, 0) is 0 Å². The number of aryl methyl sites for hydroxylation is 1. The number of aromatic nitrogens is 2. The first kappa shape index (κ1) is 13.9. The highest BCUT2D eigenvalue weighted by Crippen LogP contribution is 2.29. The number of anilines is 1. The van der Waals surface area contributed by atoms with Crippen molar-refractivity contribution in [1.29, 1.82) is 0 Å². The minimum absolute atomic E-state index is 0.514. The van der Waals surface area contributed by atoms with Gasteiger partial charge in [0.15, 0.2) is 0 Å². The minimum Gasteiger partial charge on any atom is -0.367 e. The summed E-state index contributed by atoms with van der Waals surface area (Å²) in [6.07, 6.45) is 7.25. The second-order valence-corrected chi connectivity index (χ2v) is 6.40. The van der Waals surface area contributed by atoms with Gasteiger partial charge in [0, 0.05) is 16.9 Å². The number of rotatable bonds is 3. The Balaban J connectivity index is 2.09. The molecule has 3 nitrogen and oxygen atoms in total. The van der Waals surface area contributed by atoms with Crippen LogP contribution in [-0.4, -0.2) is 27.5 Å². The lowest BCUT2D eigenvalue weighted by Crippen LogP contribution is -2.29. The van der Waals surface area contributed by atoms with E-state index in [0.29, 0.717) is 11.2 Å². The number of nitrogens with zero attached hydrogens (tertiary/aromatic N) is 2. The zero-order valence-electron chi connectivity index (χ0n) is 11.2. The van der Waals surface area contributed by atoms with Gasteiger partial charge in [-0.25, -0.2) is 9.97 Å². The second-order valence-electron chi connectivity index (χ2n) is 4.90. The molecule has 1 aliphatic rings. The van der Waals surface area contributed by atoms with Gasteiger partial charge in [0.1, 0.15) is 16.8 Å². The summed E-state index contributed by atoms with van der Waals surface area (Å²) in [4.78, 5) is 8.63. The van der Waals surface area contributed by atoms with Crippen molar-refractivity contribution in [3.63, 3.8) is 0 Å². The highest BCUT2D eigenvalue weighted by molar-refractivity contribution is 7.99. The van der Waals surface area contributed by atoms with Gasteiger partial charge in [-0.2, -0.15) is 11.8 Å². The van der Waals surface area contributed by atoms with Gasteiger partial charge in [0.25, 0.3) is 0 Å². The van der Waals surface area contributed by atoms with Crippen LogP contribution in [0.2, 0.25) is 5.15 Å². The molecule has 0 saturated heterocycles. The lowest BCUT2D eigenvalue weighted by molar-refractivity contribution is 0.472. The summed E-state index contributed by atoms with van der Waals surface area (Å²) in [5.74, 6) is 1.63. The molecular weight excluding hydrogens is 266 g/mol. The predicted molar refractivity (Wildman–Crippen MR) is 79.7 cm³/mol. The van der Waals surface area contributed by atoms with E-state index in [4.69, 9.17) is 11.6 Å². The average Bonchev–Trinajstić information content (AvgIpc) is 2.35. The molecule has 18 heavy (non-hydrogen) atoms. The molecule has 0 spiro atoms. The summed E-state index contributed by atoms with van der Waals surface area (Å²) in [5.41, 5.74) is 0.952. The summed E-state index contributed by atoms with van der Waals surface area (Å²) >= 11 is 8.07. The lowest BCUT2D eigenvalue weighted by Gasteiger charge is -2.29. The molecule has 1 heterocycles. The van der Waals surface area contributed by atoms with E-state index in [0.717, 1.165) is 22.5 Å². The first-order chi connectivity index (χ1) is 8.60. The second kappa shape index (κ2) is 6.11. The maximum absolute atomic E-state index is 6.10. The number of thioether (sulfide) groups is 1. The van der Waals surface area contributed by atoms with Gasteiger partial charge < -0.3 is 5.32 Å². The molecule has 5 heteroatoms. The molecule has 0 aliphatic heterocycles. The normalized spacial score (nSPS) is 24.0. The van der Waals surface area contributed by atoms with Crippen LogP contribution in [0.25, 0.3) is 0 Å². The Morgan fingerprint density at radius 1 is 1.28 bits per heavy atom. The molecule has 1 aromatic rings. The van der Waals surface area contributed by atoms with Crippen molar-refractivity contribution in [1.82, 2.24) is 9.97 Å². The zero-order valence-corrected chi connectivity index (χ0v) is 12.7. The standard InChI is InChI=1S/C13H20ClN3S/c1-8-12(14)15-9(2)16-13(8)17-10-5-4-6-11(7-10)18-3/h10-11H,4-7H2,1-3H3,(H,15,16,17). The largest absolute Gasteiger partial charge is 0.367 e. The molecular formula is C13H20ClN3S. The molecule has 1 fully saturated rings. The quantitative estimate of drug-likeness (QED) is 0.857. The zero-order chi connectivity index (χ0) is 13.1. The van der Waals surface area contributed by atoms with Crippen LogP contribution in [0.15, 0.2) is 0 Å². The van der Waals surface area contributed by atoms with E-state index in [-0.39, 0.29) is 0 Å². The summed E-state index contributed by atoms with van der Waals surface area (Å²) in [7, 11) is 0. The van der Waals surface area contributed by atoms with Crippen LogP contribution in [0.4, 0.5) is 5.82 Å². The molecule has 0 bridgehead atoms. The van der Waals surface area contributed by atoms with Crippen LogP contribution >= 0.6 is 23.4 Å². The summed E-state index contributed by atoms with van der Waals surface area (Å²) in [6, 6.07) is 0.514. The third kappa shape index (κ3) is 3.29. The third-order valence-electron chi connectivity index (χ3n) is 3.50. The number of hydrogen-bond donors (Lipinski definition) is 1. The van der Waals surface area contributed by atoms with Gasteiger partial charge in [-0.15, -0.1) is 0 Å². The maximum Gasteiger partial charge on any atom is 0.137 e. The fourth-order valence-corrected chi connectivity index (χ4v) is 3.46. The fraction of sp³-hybridized carbons (Fsp3) is 0.692. The van der Waals surface area contributed by atoms with Gasteiger partial charge in [0.2, 0.25) is 0 Å². The Morgan fingerprint density at radius 2 is 2.06 bits per heavy atom. The molecule has 1 N–H and O–H groups in total. The minimum atomic E-state index is 0.514. The van der Waals surface area contributed by atoms with E-state index in [1.165, 1.54) is 25.7 Å². The van der Waals surface area contributed by atoms with Gasteiger partial charge in [0.05, 0.1) is 0 Å². The average molecular weight is 286 g/mol. The van der Waals surface area contributed by atoms with E-state index in [1.54, 1.807) is 0 Å². The first-order valence-corrected chi connectivity index (χ1v) is 8.06. The van der Waals surface area contributed by atoms with Crippen molar-refractivity contribution in [2.75, 3.05) is 11.6 Å². The van der Waals surface area contributed by atoms with Gasteiger partial charge in [-0.1, -0.05) is 18.0 Å². The van der Waals surface area contributed by atoms with Crippen LogP contribution in [0.3, 0.4) is 0 Å². The molecule has 0 aromatic carbocycles. The van der Waals surface area contributed by atoms with E-state index in [9.17, 15) is 0 Å². The Bertz CT molecular complexity index is 425. The smallest absolute Gasteiger partial charge is 0.137 e. The van der Waals surface area contributed by atoms with Crippen molar-refractivity contribution in [3.8, 4) is 0 Å². The van der Waals surface area contributed by atoms with Gasteiger partial charge in [-0.3, -0.25) is 0 Å². The monoisotopic (exact) mass is 285 g/mol. The number of nitrogens with one attached hydrogen (secondary N) is 1. The molecule has 1 aliphatic carbocycles. The maximum atomic E-state index is 6.10. The van der Waals surface area contributed by atoms with Crippen molar-refractivity contribution in [2.24, 2.45) is 0 Å². The summed E-state index contributed by atoms with van der Waals surface area (Å²) < 4.78 is 0. The van der Waals surface area contributed by atoms with Gasteiger partial charge in [-0.05, 0) is 39.4 Å². The van der Waals surface area contributed by atoms with E-state index >= 15 is 0 Å². The Kier molecular flexibility index (Phi) is 4.73. The highest BCUT2D eigenvalue weighted by atomic mass is 35.5. The number of hydrogen-bond acceptors (Lipinski definition) is 4. The third-order valence-corrected chi connectivity index (χ3v) is 4.96. The van der Waals surface area contributed by atoms with Crippen molar-refractivity contribution >= 4 is 29.2 Å². The van der Waals surface area contributed by atoms with Crippen LogP contribution in [0.5, 0.6) is 0 Å². The SMILES string of the molecule is CSC1CCCC(Nc2nc(C)nc(Cl)c2C)C1. The van der Waals surface area contributed by atoms with Crippen molar-refractivity contribution < 1.29 is 0 Å². The molecule has 0 amide bonds. The molecule has 1 aromatic heterocycles. The predicted octanol–water partition coefficient (Wildman–Crippen LogP) is 3.83. The Morgan fingerprint density at radius 3 is 2.78 bits per heavy atom. The summed E-state index contributed by atoms with van der Waals surface area (Å²) in [6.45, 7) is 3.85. The molecule has 2 atom stereocenters. The Labute approximate surface area is 118 Å². The first-order valence-electron chi connectivity index (χ1n) is 6.40. The van der Waals surface area contributed by atoms with Gasteiger partial charge >= 0.3 is 0 Å². The van der Waals surface area contributed by atoms with Crippen LogP contribution < -0.4 is 5.32 Å². The van der Waals surface area contributed by atoms with E-state index < -0.39 is 0 Å². The van der Waals surface area contributed by atoms with Crippen molar-refractivity contribution in [3.05, 3.63) is 16.5 Å². The van der Waals surface area contributed by atoms with Crippen LogP contribution in [0.1, 0.15) is 37.1 Å². The van der Waals surface area contributed by atoms with E-state index in [1.807, 2.05) is 25.6 Å². The molecule has 0 radical (unpaired) electrons. The topological polar surface area (TPSA) is 37.8 Å². The van der Waals surface area contributed by atoms with Crippen LogP contribution in [0, 0.1) is 13.8 Å². The summed E-state index contributed by atoms with van der Waals surface area (Å²) in [5, 5.41) is 4.88. The number of halogens is 1. The van der Waals surface area contributed by atoms with Crippen molar-refractivity contribution in [2.45, 2.75) is 50.8 Å². The molecule has 2 rings (SSSR count). The van der Waals surface area contributed by atoms with E-state index in [2.05, 4.69) is 21.5 Å². The Hall–Kier alpha value is -0.480. The molecule has 1 saturated carbocycles. The molecule has 100 valence electrons. The highest BCUT2D eigenvalue weighted by Gasteiger charge is 2.22. The lowest BCUT2D eigenvalue weighted by atomic mass is 9.95. The molecule has 2 unspecified atom stereocenters. The fourth-order valence-electron chi connectivity index (χ4n) is 2.42.